The number of hydrogen-bond donors (Lipinski definition) is 1. The molecule has 2 rings (SSSR count). The molecule has 0 radical (unpaired) electrons. The molecule has 2 aromatic rings. The summed E-state index contributed by atoms with van der Waals surface area (Å²) >= 11 is 0. The first-order chi connectivity index (χ1) is 7.70. The van der Waals surface area contributed by atoms with Gasteiger partial charge in [-0.2, -0.15) is 0 Å². The standard InChI is InChI=1S/C11H13N3O2/c1-7-3-4-9(8(5-7)6-15-2)10-13-14-11(12)16-10/h3-5H,6H2,1-2H3,(H2,12,14). The third-order valence-corrected chi connectivity index (χ3v) is 2.23. The Bertz CT molecular complexity index is 494. The second-order valence-corrected chi connectivity index (χ2v) is 3.54. The molecule has 0 aliphatic rings. The van der Waals surface area contributed by atoms with Crippen LogP contribution in [-0.2, 0) is 11.3 Å². The molecule has 0 amide bonds. The van der Waals surface area contributed by atoms with E-state index in [0.29, 0.717) is 12.5 Å². The van der Waals surface area contributed by atoms with E-state index in [-0.39, 0.29) is 6.01 Å². The number of ether oxygens (including phenoxy) is 1. The van der Waals surface area contributed by atoms with E-state index in [4.69, 9.17) is 14.9 Å². The van der Waals surface area contributed by atoms with Crippen LogP contribution in [0.15, 0.2) is 22.6 Å². The molecule has 0 saturated heterocycles. The molecule has 0 unspecified atom stereocenters. The first-order valence-electron chi connectivity index (χ1n) is 4.88. The number of aromatic nitrogens is 2. The zero-order chi connectivity index (χ0) is 11.5. The van der Waals surface area contributed by atoms with Gasteiger partial charge in [0.15, 0.2) is 0 Å². The third-order valence-electron chi connectivity index (χ3n) is 2.23. The number of hydrogen-bond acceptors (Lipinski definition) is 5. The Morgan fingerprint density at radius 3 is 2.81 bits per heavy atom. The zero-order valence-electron chi connectivity index (χ0n) is 9.23. The average molecular weight is 219 g/mol. The van der Waals surface area contributed by atoms with Crippen LogP contribution in [0.2, 0.25) is 0 Å². The molecule has 0 spiro atoms. The van der Waals surface area contributed by atoms with Crippen LogP contribution in [-0.4, -0.2) is 17.3 Å². The van der Waals surface area contributed by atoms with Crippen molar-refractivity contribution in [2.75, 3.05) is 12.8 Å². The normalized spacial score (nSPS) is 10.6. The smallest absolute Gasteiger partial charge is 0.313 e. The van der Waals surface area contributed by atoms with Crippen molar-refractivity contribution in [2.45, 2.75) is 13.5 Å². The van der Waals surface area contributed by atoms with Crippen molar-refractivity contribution in [1.82, 2.24) is 10.2 Å². The molecule has 16 heavy (non-hydrogen) atoms. The number of anilines is 1. The molecule has 5 nitrogen and oxygen atoms in total. The van der Waals surface area contributed by atoms with Crippen LogP contribution in [0.3, 0.4) is 0 Å². The summed E-state index contributed by atoms with van der Waals surface area (Å²) in [6.45, 7) is 2.52. The van der Waals surface area contributed by atoms with Gasteiger partial charge in [-0.25, -0.2) is 0 Å². The Kier molecular flexibility index (Phi) is 2.87. The maximum absolute atomic E-state index is 5.40. The highest BCUT2D eigenvalue weighted by Gasteiger charge is 2.11. The summed E-state index contributed by atoms with van der Waals surface area (Å²) in [5, 5.41) is 7.50. The van der Waals surface area contributed by atoms with Gasteiger partial charge in [-0.05, 0) is 18.6 Å². The molecule has 0 fully saturated rings. The minimum Gasteiger partial charge on any atom is -0.404 e. The maximum atomic E-state index is 5.40. The molecule has 0 aliphatic carbocycles. The summed E-state index contributed by atoms with van der Waals surface area (Å²) in [5.41, 5.74) is 8.42. The largest absolute Gasteiger partial charge is 0.404 e. The summed E-state index contributed by atoms with van der Waals surface area (Å²) in [6, 6.07) is 6.00. The van der Waals surface area contributed by atoms with Crippen molar-refractivity contribution in [3.8, 4) is 11.5 Å². The van der Waals surface area contributed by atoms with E-state index in [0.717, 1.165) is 16.7 Å². The number of methoxy groups -OCH3 is 1. The van der Waals surface area contributed by atoms with E-state index >= 15 is 0 Å². The molecule has 1 aromatic heterocycles. The quantitative estimate of drug-likeness (QED) is 0.851. The first-order valence-corrected chi connectivity index (χ1v) is 4.88. The van der Waals surface area contributed by atoms with Crippen LogP contribution in [0, 0.1) is 6.92 Å². The lowest BCUT2D eigenvalue weighted by Gasteiger charge is -2.06. The van der Waals surface area contributed by atoms with E-state index in [1.54, 1.807) is 7.11 Å². The molecular weight excluding hydrogens is 206 g/mol. The number of nitrogens with zero attached hydrogens (tertiary/aromatic N) is 2. The van der Waals surface area contributed by atoms with Crippen molar-refractivity contribution < 1.29 is 9.15 Å². The second-order valence-electron chi connectivity index (χ2n) is 3.54. The van der Waals surface area contributed by atoms with Crippen LogP contribution < -0.4 is 5.73 Å². The molecule has 0 aliphatic heterocycles. The van der Waals surface area contributed by atoms with Crippen molar-refractivity contribution in [2.24, 2.45) is 0 Å². The fourth-order valence-corrected chi connectivity index (χ4v) is 1.55. The van der Waals surface area contributed by atoms with Crippen LogP contribution in [0.1, 0.15) is 11.1 Å². The van der Waals surface area contributed by atoms with Crippen molar-refractivity contribution in [3.05, 3.63) is 29.3 Å². The SMILES string of the molecule is COCc1cc(C)ccc1-c1nnc(N)o1. The van der Waals surface area contributed by atoms with Crippen molar-refractivity contribution in [1.29, 1.82) is 0 Å². The van der Waals surface area contributed by atoms with Gasteiger partial charge >= 0.3 is 6.01 Å². The van der Waals surface area contributed by atoms with Gasteiger partial charge in [-0.3, -0.25) is 0 Å². The lowest BCUT2D eigenvalue weighted by atomic mass is 10.1. The van der Waals surface area contributed by atoms with Gasteiger partial charge in [0.25, 0.3) is 0 Å². The zero-order valence-corrected chi connectivity index (χ0v) is 9.23. The van der Waals surface area contributed by atoms with Gasteiger partial charge in [0.1, 0.15) is 0 Å². The highest BCUT2D eigenvalue weighted by molar-refractivity contribution is 5.59. The predicted octanol–water partition coefficient (Wildman–Crippen LogP) is 1.77. The summed E-state index contributed by atoms with van der Waals surface area (Å²) in [4.78, 5) is 0. The van der Waals surface area contributed by atoms with Crippen LogP contribution >= 0.6 is 0 Å². The average Bonchev–Trinajstić information content (AvgIpc) is 2.65. The van der Waals surface area contributed by atoms with Gasteiger partial charge in [-0.15, -0.1) is 5.10 Å². The predicted molar refractivity (Wildman–Crippen MR) is 59.6 cm³/mol. The lowest BCUT2D eigenvalue weighted by molar-refractivity contribution is 0.185. The topological polar surface area (TPSA) is 74.2 Å². The first kappa shape index (κ1) is 10.6. The highest BCUT2D eigenvalue weighted by Crippen LogP contribution is 2.24. The fourth-order valence-electron chi connectivity index (χ4n) is 1.55. The lowest BCUT2D eigenvalue weighted by Crippen LogP contribution is -1.93. The Balaban J connectivity index is 2.47. The van der Waals surface area contributed by atoms with Gasteiger partial charge in [-0.1, -0.05) is 22.8 Å². The second kappa shape index (κ2) is 4.32. The van der Waals surface area contributed by atoms with E-state index in [1.807, 2.05) is 25.1 Å². The third kappa shape index (κ3) is 2.04. The van der Waals surface area contributed by atoms with Crippen LogP contribution in [0.5, 0.6) is 0 Å². The Morgan fingerprint density at radius 2 is 2.19 bits per heavy atom. The maximum Gasteiger partial charge on any atom is 0.313 e. The summed E-state index contributed by atoms with van der Waals surface area (Å²) in [5.74, 6) is 0.421. The highest BCUT2D eigenvalue weighted by atomic mass is 16.5. The summed E-state index contributed by atoms with van der Waals surface area (Å²) < 4.78 is 10.3. The molecular formula is C11H13N3O2. The summed E-state index contributed by atoms with van der Waals surface area (Å²) in [7, 11) is 1.65. The van der Waals surface area contributed by atoms with E-state index in [1.165, 1.54) is 0 Å². The number of benzene rings is 1. The molecule has 0 saturated carbocycles. The van der Waals surface area contributed by atoms with Gasteiger partial charge in [0, 0.05) is 12.7 Å². The van der Waals surface area contributed by atoms with Gasteiger partial charge in [0.2, 0.25) is 5.89 Å². The fraction of sp³-hybridized carbons (Fsp3) is 0.273. The number of nitrogens with two attached hydrogens (primary N) is 1. The van der Waals surface area contributed by atoms with Crippen LogP contribution in [0.4, 0.5) is 6.01 Å². The molecule has 84 valence electrons. The van der Waals surface area contributed by atoms with Crippen molar-refractivity contribution in [3.63, 3.8) is 0 Å². The van der Waals surface area contributed by atoms with E-state index in [2.05, 4.69) is 10.2 Å². The molecule has 2 N–H and O–H groups in total. The van der Waals surface area contributed by atoms with E-state index in [9.17, 15) is 0 Å². The number of nitrogen functional groups attached to an aromatic ring is 1. The minimum absolute atomic E-state index is 0.0685. The van der Waals surface area contributed by atoms with Gasteiger partial charge in [0.05, 0.1) is 6.61 Å². The van der Waals surface area contributed by atoms with Crippen LogP contribution in [0.25, 0.3) is 11.5 Å². The number of rotatable bonds is 3. The number of aryl methyl sites for hydroxylation is 1. The van der Waals surface area contributed by atoms with Crippen molar-refractivity contribution >= 4 is 6.01 Å². The Morgan fingerprint density at radius 1 is 1.38 bits per heavy atom. The molecule has 5 heteroatoms. The van der Waals surface area contributed by atoms with E-state index < -0.39 is 0 Å². The molecule has 0 bridgehead atoms. The summed E-state index contributed by atoms with van der Waals surface area (Å²) in [6.07, 6.45) is 0. The Hall–Kier alpha value is -1.88. The minimum atomic E-state index is 0.0685. The Labute approximate surface area is 93.2 Å². The van der Waals surface area contributed by atoms with Gasteiger partial charge < -0.3 is 14.9 Å². The monoisotopic (exact) mass is 219 g/mol. The molecule has 0 atom stereocenters. The molecule has 1 heterocycles. The molecule has 1 aromatic carbocycles.